The number of hydrogen-bond acceptors (Lipinski definition) is 3. The maximum absolute atomic E-state index is 6.15. The Kier molecular flexibility index (Phi) is 6.31. The molecule has 0 bridgehead atoms. The smallest absolute Gasteiger partial charge is 0.0622 e. The van der Waals surface area contributed by atoms with Crippen molar-refractivity contribution in [2.45, 2.75) is 58.6 Å². The van der Waals surface area contributed by atoms with Crippen molar-refractivity contribution in [3.63, 3.8) is 0 Å². The third kappa shape index (κ3) is 4.71. The minimum atomic E-state index is 0.502. The monoisotopic (exact) mass is 282 g/mol. The van der Waals surface area contributed by atoms with Gasteiger partial charge in [0.1, 0.15) is 0 Å². The average Bonchev–Trinajstić information content (AvgIpc) is 2.46. The van der Waals surface area contributed by atoms with Crippen molar-refractivity contribution in [1.29, 1.82) is 0 Å². The van der Waals surface area contributed by atoms with E-state index in [0.717, 1.165) is 18.4 Å². The molecule has 20 heavy (non-hydrogen) atoms. The number of ether oxygens (including phenoxy) is 1. The molecule has 3 nitrogen and oxygen atoms in total. The van der Waals surface area contributed by atoms with Gasteiger partial charge in [-0.1, -0.05) is 13.8 Å². The summed E-state index contributed by atoms with van der Waals surface area (Å²) in [7, 11) is 2.21. The van der Waals surface area contributed by atoms with Gasteiger partial charge in [0.15, 0.2) is 0 Å². The van der Waals surface area contributed by atoms with Gasteiger partial charge in [-0.05, 0) is 64.6 Å². The van der Waals surface area contributed by atoms with Gasteiger partial charge in [-0.2, -0.15) is 0 Å². The van der Waals surface area contributed by atoms with Crippen LogP contribution in [0.2, 0.25) is 0 Å². The molecule has 2 aliphatic rings. The topological polar surface area (TPSA) is 15.7 Å². The molecule has 2 aliphatic heterocycles. The highest BCUT2D eigenvalue weighted by Gasteiger charge is 2.25. The zero-order valence-electron chi connectivity index (χ0n) is 14.0. The third-order valence-electron chi connectivity index (χ3n) is 5.38. The number of rotatable bonds is 5. The van der Waals surface area contributed by atoms with Gasteiger partial charge in [0.25, 0.3) is 0 Å². The van der Waals surface area contributed by atoms with Crippen molar-refractivity contribution in [3.8, 4) is 0 Å². The second-order valence-corrected chi connectivity index (χ2v) is 7.30. The zero-order chi connectivity index (χ0) is 14.5. The molecule has 0 spiro atoms. The largest absolute Gasteiger partial charge is 0.377 e. The summed E-state index contributed by atoms with van der Waals surface area (Å²) in [5, 5.41) is 0. The van der Waals surface area contributed by atoms with E-state index in [4.69, 9.17) is 4.74 Å². The maximum atomic E-state index is 6.15. The summed E-state index contributed by atoms with van der Waals surface area (Å²) < 4.78 is 6.15. The molecule has 0 aromatic heterocycles. The van der Waals surface area contributed by atoms with Crippen LogP contribution in [-0.2, 0) is 4.74 Å². The van der Waals surface area contributed by atoms with Crippen molar-refractivity contribution in [3.05, 3.63) is 0 Å². The summed E-state index contributed by atoms with van der Waals surface area (Å²) >= 11 is 0. The van der Waals surface area contributed by atoms with Gasteiger partial charge in [0, 0.05) is 19.1 Å². The van der Waals surface area contributed by atoms with Gasteiger partial charge in [0.2, 0.25) is 0 Å². The van der Waals surface area contributed by atoms with Gasteiger partial charge in [0.05, 0.1) is 12.7 Å². The molecule has 1 unspecified atom stereocenters. The fourth-order valence-corrected chi connectivity index (χ4v) is 3.56. The maximum Gasteiger partial charge on any atom is 0.0622 e. The van der Waals surface area contributed by atoms with Crippen molar-refractivity contribution >= 4 is 0 Å². The number of likely N-dealkylation sites (tertiary alicyclic amines) is 2. The lowest BCUT2D eigenvalue weighted by atomic mass is 9.86. The van der Waals surface area contributed by atoms with Crippen LogP contribution in [0.25, 0.3) is 0 Å². The highest BCUT2D eigenvalue weighted by atomic mass is 16.5. The van der Waals surface area contributed by atoms with E-state index in [9.17, 15) is 0 Å². The molecule has 1 atom stereocenters. The molecular formula is C17H34N2O. The molecule has 118 valence electrons. The highest BCUT2D eigenvalue weighted by Crippen LogP contribution is 2.25. The van der Waals surface area contributed by atoms with Crippen molar-refractivity contribution in [2.75, 3.05) is 39.8 Å². The first-order chi connectivity index (χ1) is 9.56. The first kappa shape index (κ1) is 16.3. The van der Waals surface area contributed by atoms with Crippen LogP contribution in [-0.4, -0.2) is 61.8 Å². The Balaban J connectivity index is 1.64. The van der Waals surface area contributed by atoms with E-state index >= 15 is 0 Å². The van der Waals surface area contributed by atoms with Crippen LogP contribution >= 0.6 is 0 Å². The first-order valence-corrected chi connectivity index (χ1v) is 8.60. The van der Waals surface area contributed by atoms with Gasteiger partial charge in [-0.25, -0.2) is 0 Å². The molecule has 2 rings (SSSR count). The summed E-state index contributed by atoms with van der Waals surface area (Å²) in [6.45, 7) is 12.9. The summed E-state index contributed by atoms with van der Waals surface area (Å²) in [5.41, 5.74) is 0. The molecular weight excluding hydrogens is 248 g/mol. The quantitative estimate of drug-likeness (QED) is 0.771. The lowest BCUT2D eigenvalue weighted by molar-refractivity contribution is -0.0217. The number of hydrogen-bond donors (Lipinski definition) is 0. The van der Waals surface area contributed by atoms with Gasteiger partial charge in [-0.15, -0.1) is 0 Å². The Labute approximate surface area is 125 Å². The van der Waals surface area contributed by atoms with Gasteiger partial charge < -0.3 is 9.64 Å². The Morgan fingerprint density at radius 1 is 0.950 bits per heavy atom. The minimum absolute atomic E-state index is 0.502. The van der Waals surface area contributed by atoms with E-state index in [1.807, 2.05) is 0 Å². The van der Waals surface area contributed by atoms with Gasteiger partial charge in [-0.3, -0.25) is 4.90 Å². The summed E-state index contributed by atoms with van der Waals surface area (Å²) in [5.74, 6) is 1.79. The Morgan fingerprint density at radius 3 is 2.10 bits per heavy atom. The van der Waals surface area contributed by atoms with Crippen LogP contribution < -0.4 is 0 Å². The molecule has 0 saturated carbocycles. The lowest BCUT2D eigenvalue weighted by Gasteiger charge is -2.38. The Morgan fingerprint density at radius 2 is 1.55 bits per heavy atom. The second kappa shape index (κ2) is 7.77. The second-order valence-electron chi connectivity index (χ2n) is 7.30. The van der Waals surface area contributed by atoms with Crippen LogP contribution in [0.5, 0.6) is 0 Å². The number of piperidine rings is 2. The standard InChI is InChI=1S/C17H34N2O/c1-14(2)16-5-11-19(12-6-16)15(3)13-20-17-7-9-18(4)10-8-17/h14-17H,5-13H2,1-4H3. The highest BCUT2D eigenvalue weighted by molar-refractivity contribution is 4.78. The van der Waals surface area contributed by atoms with Crippen LogP contribution in [0.4, 0.5) is 0 Å². The SMILES string of the molecule is CC(C)C1CCN(C(C)COC2CCN(C)CC2)CC1. The van der Waals surface area contributed by atoms with E-state index < -0.39 is 0 Å². The predicted octanol–water partition coefficient (Wildman–Crippen LogP) is 2.85. The molecule has 0 aliphatic carbocycles. The predicted molar refractivity (Wildman–Crippen MR) is 85.1 cm³/mol. The van der Waals surface area contributed by atoms with E-state index in [0.29, 0.717) is 12.1 Å². The fourth-order valence-electron chi connectivity index (χ4n) is 3.56. The third-order valence-corrected chi connectivity index (χ3v) is 5.38. The average molecular weight is 282 g/mol. The van der Waals surface area contributed by atoms with Crippen LogP contribution in [0.15, 0.2) is 0 Å². The van der Waals surface area contributed by atoms with Crippen LogP contribution in [0.1, 0.15) is 46.5 Å². The molecule has 2 saturated heterocycles. The van der Waals surface area contributed by atoms with E-state index in [-0.39, 0.29) is 0 Å². The Bertz CT molecular complexity index is 266. The molecule has 2 heterocycles. The van der Waals surface area contributed by atoms with Crippen molar-refractivity contribution in [1.82, 2.24) is 9.80 Å². The van der Waals surface area contributed by atoms with Crippen LogP contribution in [0, 0.1) is 11.8 Å². The molecule has 0 amide bonds. The summed E-state index contributed by atoms with van der Waals surface area (Å²) in [4.78, 5) is 5.04. The normalized spacial score (nSPS) is 26.2. The van der Waals surface area contributed by atoms with E-state index in [1.54, 1.807) is 0 Å². The molecule has 0 aromatic carbocycles. The van der Waals surface area contributed by atoms with E-state index in [1.165, 1.54) is 51.9 Å². The van der Waals surface area contributed by atoms with Gasteiger partial charge >= 0.3 is 0 Å². The fraction of sp³-hybridized carbons (Fsp3) is 1.00. The molecule has 0 N–H and O–H groups in total. The van der Waals surface area contributed by atoms with Crippen molar-refractivity contribution in [2.24, 2.45) is 11.8 Å². The molecule has 0 radical (unpaired) electrons. The zero-order valence-corrected chi connectivity index (χ0v) is 14.0. The van der Waals surface area contributed by atoms with Crippen molar-refractivity contribution < 1.29 is 4.74 Å². The number of nitrogens with zero attached hydrogens (tertiary/aromatic N) is 2. The Hall–Kier alpha value is -0.120. The summed E-state index contributed by atoms with van der Waals surface area (Å²) in [6, 6.07) is 0.586. The van der Waals surface area contributed by atoms with Crippen LogP contribution in [0.3, 0.4) is 0 Å². The lowest BCUT2D eigenvalue weighted by Crippen LogP contribution is -2.44. The minimum Gasteiger partial charge on any atom is -0.377 e. The first-order valence-electron chi connectivity index (χ1n) is 8.60. The van der Waals surface area contributed by atoms with E-state index in [2.05, 4.69) is 37.6 Å². The molecule has 0 aromatic rings. The molecule has 2 fully saturated rings. The molecule has 3 heteroatoms. The summed E-state index contributed by atoms with van der Waals surface area (Å²) in [6.07, 6.45) is 5.66.